The van der Waals surface area contributed by atoms with Gasteiger partial charge in [0.1, 0.15) is 0 Å². The molecule has 268 valence electrons. The zero-order valence-corrected chi connectivity index (χ0v) is 30.9. The van der Waals surface area contributed by atoms with Gasteiger partial charge >= 0.3 is 14.1 Å². The van der Waals surface area contributed by atoms with E-state index in [2.05, 4.69) is 9.44 Å². The summed E-state index contributed by atoms with van der Waals surface area (Å²) in [5.74, 6) is 0. The molecule has 0 unspecified atom stereocenters. The predicted molar refractivity (Wildman–Crippen MR) is 194 cm³/mol. The van der Waals surface area contributed by atoms with Gasteiger partial charge in [-0.1, -0.05) is 64.1 Å². The lowest BCUT2D eigenvalue weighted by Gasteiger charge is -2.17. The third-order valence-corrected chi connectivity index (χ3v) is 10.7. The Morgan fingerprint density at radius 1 is 0.708 bits per heavy atom. The van der Waals surface area contributed by atoms with Crippen molar-refractivity contribution in [2.24, 2.45) is 5.73 Å². The monoisotopic (exact) mass is 707 g/mol. The average molecular weight is 708 g/mol. The van der Waals surface area contributed by atoms with Crippen molar-refractivity contribution in [1.82, 2.24) is 24.0 Å². The molecule has 0 saturated carbocycles. The third-order valence-electron chi connectivity index (χ3n) is 7.61. The van der Waals surface area contributed by atoms with Crippen molar-refractivity contribution in [3.63, 3.8) is 0 Å². The van der Waals surface area contributed by atoms with Gasteiger partial charge in [-0.05, 0) is 70.3 Å². The van der Waals surface area contributed by atoms with Crippen LogP contribution < -0.4 is 15.2 Å². The number of hydrogen-bond donors (Lipinski definition) is 5. The van der Waals surface area contributed by atoms with Crippen LogP contribution in [0.2, 0.25) is 13.6 Å². The maximum Gasteiger partial charge on any atom is 0.376 e. The molecular formula is C31H55B2N7O6S2. The van der Waals surface area contributed by atoms with Crippen molar-refractivity contribution in [1.29, 1.82) is 5.26 Å². The summed E-state index contributed by atoms with van der Waals surface area (Å²) >= 11 is 0. The van der Waals surface area contributed by atoms with Crippen molar-refractivity contribution < 1.29 is 26.9 Å². The fraction of sp³-hybridized carbons (Fsp3) is 0.581. The van der Waals surface area contributed by atoms with Crippen LogP contribution in [0, 0.1) is 11.5 Å². The molecule has 6 N–H and O–H groups in total. The standard InChI is InChI=1S/C11H17BN2O3S.C11H13N3O2S.C5H13BN2O.2C2H6/c1-12(15)14-8-7-10(9-14)13-18(16,17)11-5-3-2-4-6-11;12-9-14-7-6-10(8-14)13-17(15,16)11-4-2-1-3-5-11;1-6(9)8-3-2-5(7)4-8;2*1-2/h2-6,10,13,15H,7-9H2,1H3;1-5,10,13H,6-8H2;5,9H,2-4,7H2,1H3;2*1-2H3/t2*10-;5-;;/m111../s1. The molecule has 3 fully saturated rings. The predicted octanol–water partition coefficient (Wildman–Crippen LogP) is 1.85. The summed E-state index contributed by atoms with van der Waals surface area (Å²) in [6.45, 7) is 15.6. The Morgan fingerprint density at radius 2 is 1.10 bits per heavy atom. The van der Waals surface area contributed by atoms with Crippen molar-refractivity contribution in [3.8, 4) is 6.19 Å². The number of likely N-dealkylation sites (tertiary alicyclic amines) is 1. The van der Waals surface area contributed by atoms with Gasteiger partial charge < -0.3 is 30.3 Å². The van der Waals surface area contributed by atoms with E-state index >= 15 is 0 Å². The van der Waals surface area contributed by atoms with Gasteiger partial charge in [0, 0.05) is 44.3 Å². The fourth-order valence-corrected chi connectivity index (χ4v) is 7.66. The zero-order chi connectivity index (χ0) is 36.3. The van der Waals surface area contributed by atoms with E-state index in [1.807, 2.05) is 43.5 Å². The molecule has 3 aliphatic heterocycles. The molecule has 3 saturated heterocycles. The number of sulfonamides is 2. The van der Waals surface area contributed by atoms with Crippen LogP contribution in [-0.2, 0) is 20.0 Å². The number of hydrogen-bond acceptors (Lipinski definition) is 11. The number of benzene rings is 2. The molecule has 13 nitrogen and oxygen atoms in total. The van der Waals surface area contributed by atoms with E-state index in [0.29, 0.717) is 32.6 Å². The SMILES string of the molecule is CB(O)N1CC[C@@H](N)C1.CB(O)N1CC[C@@H](NS(=O)(=O)c2ccccc2)C1.CC.CC.N#CN1CC[C@@H](NS(=O)(=O)c2ccccc2)C1. The molecule has 0 aromatic heterocycles. The Kier molecular flexibility index (Phi) is 20.2. The number of nitriles is 1. The molecule has 2 aromatic carbocycles. The number of nitrogens with zero attached hydrogens (tertiary/aromatic N) is 4. The van der Waals surface area contributed by atoms with E-state index in [-0.39, 0.29) is 35.0 Å². The number of nitrogens with two attached hydrogens (primary N) is 1. The van der Waals surface area contributed by atoms with Crippen LogP contribution in [0.25, 0.3) is 0 Å². The van der Waals surface area contributed by atoms with Gasteiger partial charge in [-0.15, -0.1) is 0 Å². The van der Waals surface area contributed by atoms with Gasteiger partial charge in [0.2, 0.25) is 20.0 Å². The minimum Gasteiger partial charge on any atom is -0.437 e. The summed E-state index contributed by atoms with van der Waals surface area (Å²) < 4.78 is 53.4. The lowest BCUT2D eigenvalue weighted by Crippen LogP contribution is -2.40. The maximum atomic E-state index is 12.1. The van der Waals surface area contributed by atoms with E-state index in [4.69, 9.17) is 16.0 Å². The van der Waals surface area contributed by atoms with Gasteiger partial charge in [0.25, 0.3) is 0 Å². The van der Waals surface area contributed by atoms with Crippen molar-refractivity contribution in [2.75, 3.05) is 39.3 Å². The van der Waals surface area contributed by atoms with Crippen LogP contribution in [0.4, 0.5) is 0 Å². The first kappa shape index (κ1) is 43.5. The first-order chi connectivity index (χ1) is 22.8. The summed E-state index contributed by atoms with van der Waals surface area (Å²) in [7, 11) is -7.76. The van der Waals surface area contributed by atoms with Crippen LogP contribution in [0.3, 0.4) is 0 Å². The van der Waals surface area contributed by atoms with Crippen molar-refractivity contribution >= 4 is 34.1 Å². The van der Waals surface area contributed by atoms with Crippen LogP contribution >= 0.6 is 0 Å². The van der Waals surface area contributed by atoms with Crippen LogP contribution in [0.5, 0.6) is 0 Å². The highest BCUT2D eigenvalue weighted by Crippen LogP contribution is 2.15. The lowest BCUT2D eigenvalue weighted by atomic mass is 9.86. The molecule has 0 amide bonds. The van der Waals surface area contributed by atoms with Gasteiger partial charge in [-0.2, -0.15) is 5.26 Å². The molecule has 5 rings (SSSR count). The highest BCUT2D eigenvalue weighted by molar-refractivity contribution is 7.89. The summed E-state index contributed by atoms with van der Waals surface area (Å²) in [6.07, 6.45) is 4.42. The summed E-state index contributed by atoms with van der Waals surface area (Å²) in [6, 6.07) is 16.5. The Bertz CT molecular complexity index is 1420. The van der Waals surface area contributed by atoms with Crippen LogP contribution in [-0.4, -0.2) is 113 Å². The fourth-order valence-electron chi connectivity index (χ4n) is 5.10. The van der Waals surface area contributed by atoms with Crippen LogP contribution in [0.1, 0.15) is 47.0 Å². The Labute approximate surface area is 289 Å². The minimum absolute atomic E-state index is 0.134. The lowest BCUT2D eigenvalue weighted by molar-refractivity contribution is 0.417. The molecule has 2 aromatic rings. The van der Waals surface area contributed by atoms with Gasteiger partial charge in [-0.25, -0.2) is 26.3 Å². The summed E-state index contributed by atoms with van der Waals surface area (Å²) in [5, 5.41) is 27.2. The first-order valence-corrected chi connectivity index (χ1v) is 19.7. The van der Waals surface area contributed by atoms with E-state index in [1.165, 1.54) is 0 Å². The topological polar surface area (TPSA) is 192 Å². The molecule has 17 heteroatoms. The molecule has 0 bridgehead atoms. The van der Waals surface area contributed by atoms with Gasteiger partial charge in [0.05, 0.1) is 9.79 Å². The van der Waals surface area contributed by atoms with E-state index in [9.17, 15) is 21.9 Å². The average Bonchev–Trinajstić information content (AvgIpc) is 3.86. The molecule has 3 aliphatic rings. The summed E-state index contributed by atoms with van der Waals surface area (Å²) in [5.41, 5.74) is 5.61. The number of nitrogens with one attached hydrogen (secondary N) is 2. The summed E-state index contributed by atoms with van der Waals surface area (Å²) in [4.78, 5) is 5.91. The smallest absolute Gasteiger partial charge is 0.376 e. The van der Waals surface area contributed by atoms with E-state index < -0.39 is 27.1 Å². The van der Waals surface area contributed by atoms with Crippen molar-refractivity contribution in [3.05, 3.63) is 60.7 Å². The Morgan fingerprint density at radius 3 is 1.44 bits per heavy atom. The zero-order valence-electron chi connectivity index (χ0n) is 29.2. The number of rotatable bonds is 8. The minimum atomic E-state index is -3.46. The maximum absolute atomic E-state index is 12.1. The molecule has 3 heterocycles. The van der Waals surface area contributed by atoms with Crippen LogP contribution in [0.15, 0.2) is 70.5 Å². The molecule has 0 spiro atoms. The van der Waals surface area contributed by atoms with E-state index in [0.717, 1.165) is 25.9 Å². The highest BCUT2D eigenvalue weighted by atomic mass is 32.2. The quantitative estimate of drug-likeness (QED) is 0.199. The first-order valence-electron chi connectivity index (χ1n) is 16.7. The second kappa shape index (κ2) is 22.2. The van der Waals surface area contributed by atoms with Gasteiger partial charge in [0.15, 0.2) is 6.19 Å². The molecular weight excluding hydrogens is 652 g/mol. The second-order valence-electron chi connectivity index (χ2n) is 11.2. The van der Waals surface area contributed by atoms with Gasteiger partial charge in [-0.3, -0.25) is 0 Å². The Hall–Kier alpha value is -2.52. The normalized spacial score (nSPS) is 20.8. The molecule has 0 aliphatic carbocycles. The molecule has 3 atom stereocenters. The Balaban J connectivity index is 0.000000357. The third kappa shape index (κ3) is 14.9. The second-order valence-corrected chi connectivity index (χ2v) is 14.6. The molecule has 0 radical (unpaired) electrons. The largest absolute Gasteiger partial charge is 0.437 e. The van der Waals surface area contributed by atoms with E-state index in [1.54, 1.807) is 79.2 Å². The highest BCUT2D eigenvalue weighted by Gasteiger charge is 2.30. The van der Waals surface area contributed by atoms with Crippen molar-refractivity contribution in [2.45, 2.75) is 88.5 Å². The molecule has 48 heavy (non-hydrogen) atoms.